The number of benzene rings is 2. The van der Waals surface area contributed by atoms with Crippen LogP contribution < -0.4 is 5.32 Å². The van der Waals surface area contributed by atoms with Crippen molar-refractivity contribution in [2.45, 2.75) is 19.5 Å². The number of thiazole rings is 2. The summed E-state index contributed by atoms with van der Waals surface area (Å²) in [6.07, 6.45) is 0. The number of amides is 1. The van der Waals surface area contributed by atoms with E-state index < -0.39 is 0 Å². The van der Waals surface area contributed by atoms with Crippen molar-refractivity contribution in [3.63, 3.8) is 0 Å². The Balaban J connectivity index is 1.43. The van der Waals surface area contributed by atoms with Gasteiger partial charge in [-0.1, -0.05) is 35.6 Å². The Labute approximate surface area is 159 Å². The number of para-hydroxylation sites is 2. The molecule has 0 unspecified atom stereocenters. The Hall–Kier alpha value is -2.35. The number of rotatable bonds is 5. The number of likely N-dealkylation sites (N-methyl/N-ethyl adjacent to an activating group) is 1. The fraction of sp³-hybridized carbons (Fsp3) is 0.211. The molecule has 1 N–H and O–H groups in total. The van der Waals surface area contributed by atoms with Crippen LogP contribution in [0.1, 0.15) is 11.9 Å². The summed E-state index contributed by atoms with van der Waals surface area (Å²) in [4.78, 5) is 23.7. The fourth-order valence-corrected chi connectivity index (χ4v) is 4.57. The van der Waals surface area contributed by atoms with Crippen molar-refractivity contribution in [1.29, 1.82) is 0 Å². The van der Waals surface area contributed by atoms with Gasteiger partial charge in [-0.05, 0) is 38.2 Å². The Bertz CT molecular complexity index is 1010. The summed E-state index contributed by atoms with van der Waals surface area (Å²) in [6, 6.07) is 15.7. The lowest BCUT2D eigenvalue weighted by atomic mass is 10.3. The average Bonchev–Trinajstić information content (AvgIpc) is 3.23. The van der Waals surface area contributed by atoms with E-state index in [1.54, 1.807) is 11.3 Å². The molecule has 5 nitrogen and oxygen atoms in total. The predicted molar refractivity (Wildman–Crippen MR) is 109 cm³/mol. The molecular weight excluding hydrogens is 364 g/mol. The number of hydrogen-bond donors (Lipinski definition) is 1. The van der Waals surface area contributed by atoms with E-state index in [1.165, 1.54) is 16.0 Å². The van der Waals surface area contributed by atoms with Gasteiger partial charge in [-0.2, -0.15) is 0 Å². The third kappa shape index (κ3) is 3.46. The summed E-state index contributed by atoms with van der Waals surface area (Å²) >= 11 is 3.16. The molecule has 0 radical (unpaired) electrons. The summed E-state index contributed by atoms with van der Waals surface area (Å²) in [6.45, 7) is 2.53. The molecule has 0 aliphatic rings. The third-order valence-corrected chi connectivity index (χ3v) is 6.26. The van der Waals surface area contributed by atoms with Crippen LogP contribution in [0.15, 0.2) is 48.5 Å². The maximum absolute atomic E-state index is 12.6. The van der Waals surface area contributed by atoms with E-state index in [1.807, 2.05) is 61.3 Å². The molecule has 132 valence electrons. The maximum Gasteiger partial charge on any atom is 0.243 e. The first-order valence-electron chi connectivity index (χ1n) is 8.31. The highest BCUT2D eigenvalue weighted by molar-refractivity contribution is 7.22. The summed E-state index contributed by atoms with van der Waals surface area (Å²) < 4.78 is 2.24. The average molecular weight is 383 g/mol. The minimum Gasteiger partial charge on any atom is -0.301 e. The summed E-state index contributed by atoms with van der Waals surface area (Å²) in [7, 11) is 1.94. The van der Waals surface area contributed by atoms with E-state index >= 15 is 0 Å². The van der Waals surface area contributed by atoms with Gasteiger partial charge in [-0.25, -0.2) is 9.97 Å². The number of carbonyl (C=O) groups excluding carboxylic acids is 1. The number of nitrogens with one attached hydrogen (secondary N) is 1. The first kappa shape index (κ1) is 17.1. The minimum absolute atomic E-state index is 0.0623. The highest BCUT2D eigenvalue weighted by Gasteiger charge is 2.20. The molecule has 2 aromatic carbocycles. The van der Waals surface area contributed by atoms with E-state index in [9.17, 15) is 4.79 Å². The van der Waals surface area contributed by atoms with Gasteiger partial charge in [-0.15, -0.1) is 11.3 Å². The molecule has 0 spiro atoms. The smallest absolute Gasteiger partial charge is 0.243 e. The zero-order valence-electron chi connectivity index (χ0n) is 14.5. The summed E-state index contributed by atoms with van der Waals surface area (Å²) in [5.74, 6) is -0.0623. The van der Waals surface area contributed by atoms with Gasteiger partial charge in [0.2, 0.25) is 5.91 Å². The second-order valence-electron chi connectivity index (χ2n) is 6.14. The molecule has 4 rings (SSSR count). The fourth-order valence-electron chi connectivity index (χ4n) is 2.67. The molecule has 1 atom stereocenters. The quantitative estimate of drug-likeness (QED) is 0.557. The van der Waals surface area contributed by atoms with E-state index in [0.29, 0.717) is 11.7 Å². The van der Waals surface area contributed by atoms with Crippen molar-refractivity contribution in [2.24, 2.45) is 0 Å². The Morgan fingerprint density at radius 1 is 1.04 bits per heavy atom. The highest BCUT2D eigenvalue weighted by atomic mass is 32.1. The Morgan fingerprint density at radius 2 is 1.65 bits per heavy atom. The molecule has 0 bridgehead atoms. The van der Waals surface area contributed by atoms with Crippen molar-refractivity contribution in [3.05, 3.63) is 53.5 Å². The van der Waals surface area contributed by atoms with E-state index in [4.69, 9.17) is 0 Å². The number of carbonyl (C=O) groups is 1. The van der Waals surface area contributed by atoms with E-state index in [-0.39, 0.29) is 11.9 Å². The lowest BCUT2D eigenvalue weighted by molar-refractivity contribution is -0.120. The molecule has 0 fully saturated rings. The van der Waals surface area contributed by atoms with Gasteiger partial charge in [0.25, 0.3) is 0 Å². The predicted octanol–water partition coefficient (Wildman–Crippen LogP) is 4.37. The van der Waals surface area contributed by atoms with Crippen LogP contribution in [-0.2, 0) is 11.3 Å². The lowest BCUT2D eigenvalue weighted by Gasteiger charge is -2.22. The van der Waals surface area contributed by atoms with Crippen molar-refractivity contribution < 1.29 is 4.79 Å². The summed E-state index contributed by atoms with van der Waals surface area (Å²) in [5, 5.41) is 4.58. The van der Waals surface area contributed by atoms with Crippen molar-refractivity contribution in [3.8, 4) is 0 Å². The molecular formula is C19H18N4OS2. The van der Waals surface area contributed by atoms with Crippen LogP contribution in [0.3, 0.4) is 0 Å². The molecule has 4 aromatic rings. The van der Waals surface area contributed by atoms with E-state index in [2.05, 4.69) is 21.4 Å². The van der Waals surface area contributed by atoms with Crippen LogP contribution in [0.2, 0.25) is 0 Å². The van der Waals surface area contributed by atoms with Crippen LogP contribution in [0.4, 0.5) is 5.13 Å². The second kappa shape index (κ2) is 7.11. The van der Waals surface area contributed by atoms with Gasteiger partial charge >= 0.3 is 0 Å². The molecule has 7 heteroatoms. The third-order valence-electron chi connectivity index (χ3n) is 4.29. The molecule has 0 aliphatic carbocycles. The zero-order valence-corrected chi connectivity index (χ0v) is 16.1. The Kier molecular flexibility index (Phi) is 4.67. The normalized spacial score (nSPS) is 12.7. The van der Waals surface area contributed by atoms with Crippen LogP contribution >= 0.6 is 22.7 Å². The number of nitrogens with zero attached hydrogens (tertiary/aromatic N) is 3. The van der Waals surface area contributed by atoms with Crippen LogP contribution in [0, 0.1) is 0 Å². The Morgan fingerprint density at radius 3 is 2.31 bits per heavy atom. The molecule has 2 heterocycles. The SMILES string of the molecule is C[C@H](C(=O)Nc1nc2ccccc2s1)N(C)Cc1nc2ccccc2s1. The van der Waals surface area contributed by atoms with Crippen LogP contribution in [-0.4, -0.2) is 33.9 Å². The van der Waals surface area contributed by atoms with Crippen molar-refractivity contribution in [2.75, 3.05) is 12.4 Å². The van der Waals surface area contributed by atoms with Crippen LogP contribution in [0.25, 0.3) is 20.4 Å². The minimum atomic E-state index is -0.283. The van der Waals surface area contributed by atoms with Crippen molar-refractivity contribution in [1.82, 2.24) is 14.9 Å². The molecule has 1 amide bonds. The molecule has 0 aliphatic heterocycles. The van der Waals surface area contributed by atoms with Gasteiger partial charge < -0.3 is 5.32 Å². The van der Waals surface area contributed by atoms with Crippen LogP contribution in [0.5, 0.6) is 0 Å². The maximum atomic E-state index is 12.6. The molecule has 0 saturated heterocycles. The monoisotopic (exact) mass is 382 g/mol. The van der Waals surface area contributed by atoms with Gasteiger partial charge in [0.05, 0.1) is 33.0 Å². The number of hydrogen-bond acceptors (Lipinski definition) is 6. The largest absolute Gasteiger partial charge is 0.301 e. The first-order chi connectivity index (χ1) is 12.6. The van der Waals surface area contributed by atoms with Gasteiger partial charge in [0.15, 0.2) is 5.13 Å². The molecule has 26 heavy (non-hydrogen) atoms. The molecule has 2 aromatic heterocycles. The topological polar surface area (TPSA) is 58.1 Å². The second-order valence-corrected chi connectivity index (χ2v) is 8.29. The molecule has 0 saturated carbocycles. The number of fused-ring (bicyclic) bond motifs is 2. The number of aromatic nitrogens is 2. The van der Waals surface area contributed by atoms with Crippen molar-refractivity contribution >= 4 is 54.1 Å². The highest BCUT2D eigenvalue weighted by Crippen LogP contribution is 2.26. The van der Waals surface area contributed by atoms with Gasteiger partial charge in [-0.3, -0.25) is 9.69 Å². The zero-order chi connectivity index (χ0) is 18.1. The van der Waals surface area contributed by atoms with Gasteiger partial charge in [0, 0.05) is 0 Å². The standard InChI is InChI=1S/C19H18N4OS2/c1-12(18(24)22-19-21-14-8-4-6-10-16(14)26-19)23(2)11-17-20-13-7-3-5-9-15(13)25-17/h3-10,12H,11H2,1-2H3,(H,21,22,24)/t12-/m1/s1. The van der Waals surface area contributed by atoms with E-state index in [0.717, 1.165) is 20.7 Å². The van der Waals surface area contributed by atoms with Gasteiger partial charge in [0.1, 0.15) is 5.01 Å². The lowest BCUT2D eigenvalue weighted by Crippen LogP contribution is -2.39. The summed E-state index contributed by atoms with van der Waals surface area (Å²) in [5.41, 5.74) is 1.91. The first-order valence-corrected chi connectivity index (χ1v) is 9.94. The number of anilines is 1.